The molecule has 0 spiro atoms. The van der Waals surface area contributed by atoms with E-state index in [-0.39, 0.29) is 5.63 Å². The Morgan fingerprint density at radius 2 is 1.90 bits per heavy atom. The van der Waals surface area contributed by atoms with Crippen molar-refractivity contribution in [1.29, 1.82) is 0 Å². The van der Waals surface area contributed by atoms with Crippen molar-refractivity contribution < 1.29 is 18.6 Å². The molecule has 152 valence electrons. The number of hydrogen-bond acceptors (Lipinski definition) is 6. The number of rotatable bonds is 6. The van der Waals surface area contributed by atoms with Gasteiger partial charge in [-0.05, 0) is 48.2 Å². The van der Waals surface area contributed by atoms with E-state index in [1.807, 2.05) is 37.3 Å². The highest BCUT2D eigenvalue weighted by Gasteiger charge is 2.22. The largest absolute Gasteiger partial charge is 0.493 e. The molecule has 1 aliphatic rings. The van der Waals surface area contributed by atoms with E-state index >= 15 is 0 Å². The molecule has 4 rings (SSSR count). The second-order valence-corrected chi connectivity index (χ2v) is 7.13. The van der Waals surface area contributed by atoms with Gasteiger partial charge in [0.25, 0.3) is 0 Å². The van der Waals surface area contributed by atoms with Crippen LogP contribution >= 0.6 is 0 Å². The Labute approximate surface area is 169 Å². The molecule has 29 heavy (non-hydrogen) atoms. The van der Waals surface area contributed by atoms with Crippen molar-refractivity contribution in [3.8, 4) is 17.2 Å². The third-order valence-corrected chi connectivity index (χ3v) is 5.39. The molecule has 2 heterocycles. The van der Waals surface area contributed by atoms with Crippen molar-refractivity contribution in [2.75, 3.05) is 27.5 Å². The average molecular weight is 395 g/mol. The predicted octanol–water partition coefficient (Wildman–Crippen LogP) is 3.77. The predicted molar refractivity (Wildman–Crippen MR) is 111 cm³/mol. The van der Waals surface area contributed by atoms with Gasteiger partial charge in [-0.25, -0.2) is 4.79 Å². The van der Waals surface area contributed by atoms with E-state index < -0.39 is 0 Å². The molecule has 0 atom stereocenters. The van der Waals surface area contributed by atoms with Crippen LogP contribution in [0.2, 0.25) is 0 Å². The highest BCUT2D eigenvalue weighted by atomic mass is 16.5. The summed E-state index contributed by atoms with van der Waals surface area (Å²) in [5, 5.41) is 0.983. The smallest absolute Gasteiger partial charge is 0.336 e. The maximum atomic E-state index is 12.0. The van der Waals surface area contributed by atoms with Crippen molar-refractivity contribution in [3.05, 3.63) is 63.5 Å². The fraction of sp³-hybridized carbons (Fsp3) is 0.348. The number of ether oxygens (including phenoxy) is 3. The number of fused-ring (bicyclic) bond motifs is 3. The van der Waals surface area contributed by atoms with Crippen molar-refractivity contribution in [2.45, 2.75) is 26.3 Å². The zero-order valence-electron chi connectivity index (χ0n) is 17.0. The summed E-state index contributed by atoms with van der Waals surface area (Å²) in [7, 11) is 3.27. The van der Waals surface area contributed by atoms with E-state index in [1.165, 1.54) is 0 Å². The van der Waals surface area contributed by atoms with Crippen LogP contribution in [0.3, 0.4) is 0 Å². The van der Waals surface area contributed by atoms with E-state index in [9.17, 15) is 4.79 Å². The summed E-state index contributed by atoms with van der Waals surface area (Å²) < 4.78 is 22.2. The number of benzene rings is 2. The van der Waals surface area contributed by atoms with E-state index in [1.54, 1.807) is 20.3 Å². The number of methoxy groups -OCH3 is 2. The van der Waals surface area contributed by atoms with Gasteiger partial charge in [-0.1, -0.05) is 13.0 Å². The van der Waals surface area contributed by atoms with Gasteiger partial charge in [-0.3, -0.25) is 4.90 Å². The third kappa shape index (κ3) is 3.80. The van der Waals surface area contributed by atoms with Gasteiger partial charge in [0, 0.05) is 24.5 Å². The molecule has 0 amide bonds. The molecule has 0 aliphatic carbocycles. The van der Waals surface area contributed by atoms with Gasteiger partial charge in [0.15, 0.2) is 11.5 Å². The van der Waals surface area contributed by atoms with Gasteiger partial charge >= 0.3 is 5.63 Å². The summed E-state index contributed by atoms with van der Waals surface area (Å²) >= 11 is 0. The van der Waals surface area contributed by atoms with Crippen molar-refractivity contribution in [3.63, 3.8) is 0 Å². The van der Waals surface area contributed by atoms with Crippen LogP contribution in [0.5, 0.6) is 17.2 Å². The van der Waals surface area contributed by atoms with Crippen LogP contribution < -0.4 is 19.8 Å². The summed E-state index contributed by atoms with van der Waals surface area (Å²) in [4.78, 5) is 14.2. The molecule has 0 N–H and O–H groups in total. The lowest BCUT2D eigenvalue weighted by atomic mass is 10.0. The number of nitrogens with zero attached hydrogens (tertiary/aromatic N) is 1. The van der Waals surface area contributed by atoms with Crippen LogP contribution in [0.25, 0.3) is 11.0 Å². The Kier molecular flexibility index (Phi) is 5.45. The molecule has 0 saturated heterocycles. The van der Waals surface area contributed by atoms with Gasteiger partial charge in [0.1, 0.15) is 18.1 Å². The second-order valence-electron chi connectivity index (χ2n) is 7.13. The molecular weight excluding hydrogens is 370 g/mol. The minimum atomic E-state index is -0.315. The lowest BCUT2D eigenvalue weighted by molar-refractivity contribution is 0.0967. The number of aryl methyl sites for hydroxylation is 1. The molecular formula is C23H25NO5. The van der Waals surface area contributed by atoms with E-state index in [0.29, 0.717) is 18.9 Å². The first-order chi connectivity index (χ1) is 14.1. The molecule has 0 unspecified atom stereocenters. The Balaban J connectivity index is 1.55. The van der Waals surface area contributed by atoms with Gasteiger partial charge < -0.3 is 18.6 Å². The molecule has 3 aromatic rings. The Hall–Kier alpha value is -2.99. The van der Waals surface area contributed by atoms with Crippen molar-refractivity contribution >= 4 is 11.0 Å². The van der Waals surface area contributed by atoms with Crippen molar-refractivity contribution in [2.24, 2.45) is 0 Å². The van der Waals surface area contributed by atoms with Crippen LogP contribution in [-0.4, -0.2) is 32.4 Å². The molecule has 1 aromatic heterocycles. The molecule has 1 aliphatic heterocycles. The molecule has 0 saturated carbocycles. The SMILES string of the molecule is CCc1cc(=O)oc2c3c(ccc12)OCN(CCc1ccc(OC)c(OC)c1)C3. The normalized spacial score (nSPS) is 13.8. The monoisotopic (exact) mass is 395 g/mol. The zero-order chi connectivity index (χ0) is 20.4. The summed E-state index contributed by atoms with van der Waals surface area (Å²) in [6.07, 6.45) is 1.62. The van der Waals surface area contributed by atoms with Crippen LogP contribution in [0.4, 0.5) is 0 Å². The fourth-order valence-electron chi connectivity index (χ4n) is 3.80. The van der Waals surface area contributed by atoms with E-state index in [0.717, 1.165) is 58.7 Å². The van der Waals surface area contributed by atoms with E-state index in [4.69, 9.17) is 18.6 Å². The standard InChI is InChI=1S/C23H25NO5/c1-4-16-12-22(25)29-23-17(16)6-8-19-18(23)13-24(14-28-19)10-9-15-5-7-20(26-2)21(11-15)27-3/h5-8,11-12H,4,9-10,13-14H2,1-3H3. The summed E-state index contributed by atoms with van der Waals surface area (Å²) in [5.41, 5.74) is 3.42. The Morgan fingerprint density at radius 3 is 2.66 bits per heavy atom. The highest BCUT2D eigenvalue weighted by Crippen LogP contribution is 2.33. The first-order valence-electron chi connectivity index (χ1n) is 9.77. The van der Waals surface area contributed by atoms with Crippen LogP contribution in [0, 0.1) is 0 Å². The van der Waals surface area contributed by atoms with Gasteiger partial charge in [-0.2, -0.15) is 0 Å². The lowest BCUT2D eigenvalue weighted by Crippen LogP contribution is -2.33. The molecule has 6 nitrogen and oxygen atoms in total. The minimum absolute atomic E-state index is 0.315. The van der Waals surface area contributed by atoms with Gasteiger partial charge in [0.05, 0.1) is 19.8 Å². The summed E-state index contributed by atoms with van der Waals surface area (Å²) in [6, 6.07) is 11.5. The fourth-order valence-corrected chi connectivity index (χ4v) is 3.80. The van der Waals surface area contributed by atoms with Gasteiger partial charge in [-0.15, -0.1) is 0 Å². The minimum Gasteiger partial charge on any atom is -0.493 e. The average Bonchev–Trinajstić information content (AvgIpc) is 2.76. The molecule has 6 heteroatoms. The molecule has 0 bridgehead atoms. The van der Waals surface area contributed by atoms with Gasteiger partial charge in [0.2, 0.25) is 0 Å². The molecule has 2 aromatic carbocycles. The first-order valence-corrected chi connectivity index (χ1v) is 9.77. The maximum Gasteiger partial charge on any atom is 0.336 e. The van der Waals surface area contributed by atoms with E-state index in [2.05, 4.69) is 4.90 Å². The summed E-state index contributed by atoms with van der Waals surface area (Å²) in [6.45, 7) is 4.03. The third-order valence-electron chi connectivity index (χ3n) is 5.39. The molecule has 0 fully saturated rings. The number of hydrogen-bond donors (Lipinski definition) is 0. The Bertz CT molecular complexity index is 1090. The lowest BCUT2D eigenvalue weighted by Gasteiger charge is -2.29. The van der Waals surface area contributed by atoms with Crippen LogP contribution in [-0.2, 0) is 19.4 Å². The highest BCUT2D eigenvalue weighted by molar-refractivity contribution is 5.85. The zero-order valence-corrected chi connectivity index (χ0v) is 17.0. The second kappa shape index (κ2) is 8.17. The maximum absolute atomic E-state index is 12.0. The first kappa shape index (κ1) is 19.3. The Morgan fingerprint density at radius 1 is 1.07 bits per heavy atom. The quantitative estimate of drug-likeness (QED) is 0.592. The topological polar surface area (TPSA) is 61.1 Å². The van der Waals surface area contributed by atoms with Crippen LogP contribution in [0.1, 0.15) is 23.6 Å². The van der Waals surface area contributed by atoms with Crippen molar-refractivity contribution in [1.82, 2.24) is 4.90 Å². The molecule has 0 radical (unpaired) electrons. The summed E-state index contributed by atoms with van der Waals surface area (Å²) in [5.74, 6) is 2.24. The van der Waals surface area contributed by atoms with Crippen LogP contribution in [0.15, 0.2) is 45.6 Å².